The number of aliphatic carboxylic acids is 1. The fourth-order valence-electron chi connectivity index (χ4n) is 3.87. The Balaban J connectivity index is 1.88. The number of rotatable bonds is 6. The first-order valence-corrected chi connectivity index (χ1v) is 12.8. The van der Waals surface area contributed by atoms with E-state index in [-0.39, 0.29) is 45.5 Å². The molecule has 0 aromatic heterocycles. The molecule has 6 nitrogen and oxygen atoms in total. The lowest BCUT2D eigenvalue weighted by Gasteiger charge is -2.36. The van der Waals surface area contributed by atoms with E-state index >= 15 is 0 Å². The third kappa shape index (κ3) is 5.48. The van der Waals surface area contributed by atoms with Crippen molar-refractivity contribution in [1.29, 1.82) is 0 Å². The highest BCUT2D eigenvalue weighted by Crippen LogP contribution is 2.45. The first-order valence-electron chi connectivity index (χ1n) is 10.7. The van der Waals surface area contributed by atoms with Crippen LogP contribution in [-0.4, -0.2) is 32.1 Å². The second kappa shape index (κ2) is 10.0. The van der Waals surface area contributed by atoms with Crippen LogP contribution >= 0.6 is 23.2 Å². The van der Waals surface area contributed by atoms with Crippen LogP contribution in [0.3, 0.4) is 0 Å². The molecule has 1 atom stereocenters. The number of benzene rings is 3. The molecule has 0 saturated carbocycles. The summed E-state index contributed by atoms with van der Waals surface area (Å²) in [4.78, 5) is 10.4. The van der Waals surface area contributed by atoms with Crippen molar-refractivity contribution in [2.75, 3.05) is 10.8 Å². The number of alkyl halides is 3. The second-order valence-electron chi connectivity index (χ2n) is 8.14. The van der Waals surface area contributed by atoms with E-state index in [1.165, 1.54) is 30.3 Å². The molecule has 0 amide bonds. The van der Waals surface area contributed by atoms with Gasteiger partial charge < -0.3 is 9.84 Å². The van der Waals surface area contributed by atoms with E-state index in [0.717, 1.165) is 22.5 Å². The number of anilines is 1. The van der Waals surface area contributed by atoms with E-state index in [9.17, 15) is 30.8 Å². The lowest BCUT2D eigenvalue weighted by atomic mass is 10.0. The smallest absolute Gasteiger partial charge is 0.416 e. The van der Waals surface area contributed by atoms with Crippen LogP contribution in [-0.2, 0) is 21.0 Å². The summed E-state index contributed by atoms with van der Waals surface area (Å²) in [5, 5.41) is 8.82. The molecule has 0 radical (unpaired) electrons. The molecule has 3 aromatic carbocycles. The van der Waals surface area contributed by atoms with Gasteiger partial charge >= 0.3 is 12.1 Å². The maximum Gasteiger partial charge on any atom is 0.416 e. The minimum atomic E-state index is -4.79. The van der Waals surface area contributed by atoms with E-state index < -0.39 is 51.1 Å². The summed E-state index contributed by atoms with van der Waals surface area (Å²) in [6.45, 7) is -0.405. The van der Waals surface area contributed by atoms with Crippen LogP contribution in [0.4, 0.5) is 23.2 Å². The summed E-state index contributed by atoms with van der Waals surface area (Å²) in [5.41, 5.74) is -1.24. The highest BCUT2D eigenvalue weighted by atomic mass is 35.5. The Labute approximate surface area is 219 Å². The fourth-order valence-corrected chi connectivity index (χ4v) is 5.85. The van der Waals surface area contributed by atoms with Gasteiger partial charge in [-0.25, -0.2) is 12.8 Å². The number of carboxylic acid groups (broad SMARTS) is 1. The van der Waals surface area contributed by atoms with Crippen molar-refractivity contribution < 1.29 is 40.6 Å². The molecule has 1 aliphatic rings. The number of ether oxygens (including phenoxy) is 1. The number of hydrogen-bond donors (Lipinski definition) is 1. The zero-order valence-corrected chi connectivity index (χ0v) is 20.9. The van der Waals surface area contributed by atoms with Crippen LogP contribution in [0.25, 0.3) is 11.1 Å². The highest BCUT2D eigenvalue weighted by Gasteiger charge is 2.37. The average Bonchev–Trinajstić information content (AvgIpc) is 2.83. The molecular weight excluding hydrogens is 561 g/mol. The number of carbonyl (C=O) groups is 1. The van der Waals surface area contributed by atoms with Gasteiger partial charge in [-0.2, -0.15) is 13.2 Å². The van der Waals surface area contributed by atoms with E-state index in [2.05, 4.69) is 0 Å². The van der Waals surface area contributed by atoms with Crippen molar-refractivity contribution in [3.05, 3.63) is 76.0 Å². The molecule has 1 heterocycles. The molecule has 4 rings (SSSR count). The third-order valence-corrected chi connectivity index (χ3v) is 8.03. The SMILES string of the molecule is O=C(O)CC[C@H]1CN(S(=O)(=O)c2cccc(C(F)(F)F)c2)c2cc(-c3cccc(Cl)c3F)c(Cl)cc2O1. The molecule has 0 fully saturated rings. The summed E-state index contributed by atoms with van der Waals surface area (Å²) in [7, 11) is -4.62. The van der Waals surface area contributed by atoms with Crippen molar-refractivity contribution in [3.63, 3.8) is 0 Å². The van der Waals surface area contributed by atoms with Gasteiger partial charge in [-0.3, -0.25) is 9.10 Å². The van der Waals surface area contributed by atoms with Crippen LogP contribution in [0, 0.1) is 5.82 Å². The number of fused-ring (bicyclic) bond motifs is 1. The third-order valence-electron chi connectivity index (χ3n) is 5.65. The maximum atomic E-state index is 14.8. The molecule has 13 heteroatoms. The van der Waals surface area contributed by atoms with Gasteiger partial charge in [0.15, 0.2) is 0 Å². The molecule has 1 N–H and O–H groups in total. The molecule has 0 aliphatic carbocycles. The minimum absolute atomic E-state index is 0.0183. The molecule has 37 heavy (non-hydrogen) atoms. The largest absolute Gasteiger partial charge is 0.486 e. The molecular formula is C24H17Cl2F4NO5S. The fraction of sp³-hybridized carbons (Fsp3) is 0.208. The van der Waals surface area contributed by atoms with Gasteiger partial charge in [-0.05, 0) is 36.8 Å². The zero-order valence-electron chi connectivity index (χ0n) is 18.6. The normalized spacial score (nSPS) is 15.7. The molecule has 0 saturated heterocycles. The van der Waals surface area contributed by atoms with Crippen molar-refractivity contribution in [1.82, 2.24) is 0 Å². The van der Waals surface area contributed by atoms with Gasteiger partial charge in [0.2, 0.25) is 0 Å². The Kier molecular flexibility index (Phi) is 7.33. The second-order valence-corrected chi connectivity index (χ2v) is 10.8. The van der Waals surface area contributed by atoms with Crippen molar-refractivity contribution in [2.45, 2.75) is 30.0 Å². The summed E-state index contributed by atoms with van der Waals surface area (Å²) in [6, 6.07) is 9.86. The predicted molar refractivity (Wildman–Crippen MR) is 129 cm³/mol. The summed E-state index contributed by atoms with van der Waals surface area (Å²) >= 11 is 12.3. The molecule has 0 bridgehead atoms. The van der Waals surface area contributed by atoms with Crippen molar-refractivity contribution in [3.8, 4) is 16.9 Å². The number of nitrogens with zero attached hydrogens (tertiary/aromatic N) is 1. The number of hydrogen-bond acceptors (Lipinski definition) is 4. The Hall–Kier alpha value is -3.02. The molecule has 1 aliphatic heterocycles. The van der Waals surface area contributed by atoms with E-state index in [1.54, 1.807) is 0 Å². The van der Waals surface area contributed by atoms with Gasteiger partial charge in [-0.15, -0.1) is 0 Å². The number of sulfonamides is 1. The Morgan fingerprint density at radius 3 is 2.43 bits per heavy atom. The van der Waals surface area contributed by atoms with Gasteiger partial charge in [0.25, 0.3) is 10.0 Å². The zero-order chi connectivity index (χ0) is 27.1. The van der Waals surface area contributed by atoms with Crippen molar-refractivity contribution >= 4 is 44.9 Å². The van der Waals surface area contributed by atoms with Crippen LogP contribution in [0.1, 0.15) is 18.4 Å². The average molecular weight is 578 g/mol. The predicted octanol–water partition coefficient (Wildman–Crippen LogP) is 6.64. The standard InChI is InChI=1S/C24H17Cl2F4NO5S/c25-18-6-2-5-16(23(18)27)17-10-20-21(11-19(17)26)36-14(7-8-22(32)33)12-31(20)37(34,35)15-4-1-3-13(9-15)24(28,29)30/h1-6,9-11,14H,7-8,12H2,(H,32,33)/t14-/m0/s1. The molecule has 0 unspecified atom stereocenters. The first kappa shape index (κ1) is 27.0. The number of halogens is 6. The van der Waals surface area contributed by atoms with Crippen LogP contribution < -0.4 is 9.04 Å². The van der Waals surface area contributed by atoms with Gasteiger partial charge in [-0.1, -0.05) is 41.4 Å². The van der Waals surface area contributed by atoms with E-state index in [4.69, 9.17) is 33.0 Å². The lowest BCUT2D eigenvalue weighted by Crippen LogP contribution is -2.43. The van der Waals surface area contributed by atoms with E-state index in [0.29, 0.717) is 6.07 Å². The Morgan fingerprint density at radius 2 is 1.76 bits per heavy atom. The lowest BCUT2D eigenvalue weighted by molar-refractivity contribution is -0.138. The van der Waals surface area contributed by atoms with E-state index in [1.807, 2.05) is 0 Å². The molecule has 196 valence electrons. The maximum absolute atomic E-state index is 14.8. The number of carboxylic acids is 1. The van der Waals surface area contributed by atoms with Gasteiger partial charge in [0, 0.05) is 23.6 Å². The minimum Gasteiger partial charge on any atom is -0.486 e. The van der Waals surface area contributed by atoms with Crippen LogP contribution in [0.15, 0.2) is 59.5 Å². The first-order chi connectivity index (χ1) is 17.3. The monoisotopic (exact) mass is 577 g/mol. The summed E-state index contributed by atoms with van der Waals surface area (Å²) in [5.74, 6) is -2.02. The van der Waals surface area contributed by atoms with Gasteiger partial charge in [0.1, 0.15) is 17.7 Å². The van der Waals surface area contributed by atoms with Crippen LogP contribution in [0.5, 0.6) is 5.75 Å². The quantitative estimate of drug-likeness (QED) is 0.332. The van der Waals surface area contributed by atoms with Gasteiger partial charge in [0.05, 0.1) is 32.7 Å². The summed E-state index contributed by atoms with van der Waals surface area (Å²) in [6.07, 6.45) is -6.18. The van der Waals surface area contributed by atoms with Crippen LogP contribution in [0.2, 0.25) is 10.0 Å². The highest BCUT2D eigenvalue weighted by molar-refractivity contribution is 7.92. The van der Waals surface area contributed by atoms with Crippen molar-refractivity contribution in [2.24, 2.45) is 0 Å². The summed E-state index contributed by atoms with van der Waals surface area (Å²) < 4.78 is 88.5. The Morgan fingerprint density at radius 1 is 1.05 bits per heavy atom. The molecule has 0 spiro atoms. The molecule has 3 aromatic rings. The Bertz CT molecular complexity index is 1480. The topological polar surface area (TPSA) is 83.9 Å².